The van der Waals surface area contributed by atoms with Crippen molar-refractivity contribution in [2.75, 3.05) is 11.4 Å². The van der Waals surface area contributed by atoms with Crippen molar-refractivity contribution < 1.29 is 14.7 Å². The third-order valence-electron chi connectivity index (χ3n) is 4.11. The quantitative estimate of drug-likeness (QED) is 0.557. The summed E-state index contributed by atoms with van der Waals surface area (Å²) in [4.78, 5) is 26.8. The number of hydrogen-bond donors (Lipinski definition) is 1. The SMILES string of the molecule is C#CCN1C(=O)[C@@](O)(CC(=O)c2cccc(Br)c2)c2cc(Br)ccc21. The van der Waals surface area contributed by atoms with Crippen molar-refractivity contribution in [2.24, 2.45) is 0 Å². The van der Waals surface area contributed by atoms with Crippen LogP contribution in [0.25, 0.3) is 0 Å². The lowest BCUT2D eigenvalue weighted by atomic mass is 9.88. The van der Waals surface area contributed by atoms with Crippen LogP contribution in [0.15, 0.2) is 51.4 Å². The second-order valence-corrected chi connectivity index (χ2v) is 7.56. The van der Waals surface area contributed by atoms with Crippen LogP contribution < -0.4 is 4.90 Å². The van der Waals surface area contributed by atoms with Crippen molar-refractivity contribution in [1.29, 1.82) is 0 Å². The van der Waals surface area contributed by atoms with Crippen LogP contribution in [0.3, 0.4) is 0 Å². The Bertz CT molecular complexity index is 919. The molecule has 0 aliphatic carbocycles. The van der Waals surface area contributed by atoms with Gasteiger partial charge >= 0.3 is 0 Å². The Morgan fingerprint density at radius 1 is 1.20 bits per heavy atom. The molecular weight excluding hydrogens is 450 g/mol. The maximum absolute atomic E-state index is 12.8. The van der Waals surface area contributed by atoms with Gasteiger partial charge in [-0.2, -0.15) is 0 Å². The van der Waals surface area contributed by atoms with Crippen LogP contribution in [-0.4, -0.2) is 23.3 Å². The van der Waals surface area contributed by atoms with Crippen molar-refractivity contribution in [1.82, 2.24) is 0 Å². The van der Waals surface area contributed by atoms with E-state index in [9.17, 15) is 14.7 Å². The van der Waals surface area contributed by atoms with Crippen LogP contribution in [0.2, 0.25) is 0 Å². The summed E-state index contributed by atoms with van der Waals surface area (Å²) >= 11 is 6.66. The minimum Gasteiger partial charge on any atom is -0.375 e. The van der Waals surface area contributed by atoms with Gasteiger partial charge in [-0.05, 0) is 30.3 Å². The van der Waals surface area contributed by atoms with E-state index in [1.807, 2.05) is 0 Å². The summed E-state index contributed by atoms with van der Waals surface area (Å²) < 4.78 is 1.45. The van der Waals surface area contributed by atoms with E-state index in [0.29, 0.717) is 21.3 Å². The van der Waals surface area contributed by atoms with E-state index in [-0.39, 0.29) is 18.7 Å². The number of fused-ring (bicyclic) bond motifs is 1. The summed E-state index contributed by atoms with van der Waals surface area (Å²) in [6.07, 6.45) is 4.99. The molecule has 3 rings (SSSR count). The molecule has 1 amide bonds. The van der Waals surface area contributed by atoms with Gasteiger partial charge in [-0.15, -0.1) is 6.42 Å². The molecule has 0 unspecified atom stereocenters. The molecular formula is C19H13Br2NO3. The fourth-order valence-electron chi connectivity index (χ4n) is 2.94. The fraction of sp³-hybridized carbons (Fsp3) is 0.158. The summed E-state index contributed by atoms with van der Waals surface area (Å²) in [5.41, 5.74) is -0.612. The number of terminal acetylenes is 1. The van der Waals surface area contributed by atoms with Crippen molar-refractivity contribution >= 4 is 49.2 Å². The number of carbonyl (C=O) groups excluding carboxylic acids is 2. The topological polar surface area (TPSA) is 57.6 Å². The van der Waals surface area contributed by atoms with Gasteiger partial charge in [0.1, 0.15) is 0 Å². The largest absolute Gasteiger partial charge is 0.375 e. The molecule has 0 fully saturated rings. The van der Waals surface area contributed by atoms with E-state index in [0.717, 1.165) is 4.47 Å². The maximum atomic E-state index is 12.8. The number of anilines is 1. The number of Topliss-reactive ketones (excluding diaryl/α,β-unsaturated/α-hetero) is 1. The Morgan fingerprint density at radius 3 is 2.60 bits per heavy atom. The minimum atomic E-state index is -1.94. The molecule has 4 nitrogen and oxygen atoms in total. The number of benzene rings is 2. The van der Waals surface area contributed by atoms with Gasteiger partial charge in [-0.1, -0.05) is 49.9 Å². The van der Waals surface area contributed by atoms with Crippen molar-refractivity contribution in [3.05, 3.63) is 62.5 Å². The van der Waals surface area contributed by atoms with Crippen LogP contribution >= 0.6 is 31.9 Å². The lowest BCUT2D eigenvalue weighted by Gasteiger charge is -2.22. The molecule has 0 saturated carbocycles. The highest BCUT2D eigenvalue weighted by molar-refractivity contribution is 9.10. The van der Waals surface area contributed by atoms with Crippen LogP contribution in [0, 0.1) is 12.3 Å². The standard InChI is InChI=1S/C19H13Br2NO3/c1-2-8-22-16-7-6-14(21)10-15(16)19(25,18(22)24)11-17(23)12-4-3-5-13(20)9-12/h1,3-7,9-10,25H,8,11H2/t19-/m1/s1. The summed E-state index contributed by atoms with van der Waals surface area (Å²) in [6, 6.07) is 12.0. The van der Waals surface area contributed by atoms with Gasteiger partial charge in [-0.3, -0.25) is 14.5 Å². The number of nitrogens with zero attached hydrogens (tertiary/aromatic N) is 1. The number of carbonyl (C=O) groups is 2. The van der Waals surface area contributed by atoms with Gasteiger partial charge in [0.25, 0.3) is 5.91 Å². The van der Waals surface area contributed by atoms with Crippen LogP contribution in [0.1, 0.15) is 22.3 Å². The van der Waals surface area contributed by atoms with E-state index in [1.54, 1.807) is 42.5 Å². The molecule has 2 aromatic carbocycles. The molecule has 0 radical (unpaired) electrons. The molecule has 6 heteroatoms. The highest BCUT2D eigenvalue weighted by Crippen LogP contribution is 2.44. The fourth-order valence-corrected chi connectivity index (χ4v) is 3.70. The van der Waals surface area contributed by atoms with E-state index >= 15 is 0 Å². The normalized spacial score (nSPS) is 18.8. The Balaban J connectivity index is 2.03. The van der Waals surface area contributed by atoms with Gasteiger partial charge in [0.15, 0.2) is 11.4 Å². The van der Waals surface area contributed by atoms with E-state index in [1.165, 1.54) is 4.90 Å². The van der Waals surface area contributed by atoms with Crippen molar-refractivity contribution in [3.8, 4) is 12.3 Å². The average molecular weight is 463 g/mol. The zero-order valence-electron chi connectivity index (χ0n) is 13.0. The predicted molar refractivity (Wildman–Crippen MR) is 102 cm³/mol. The lowest BCUT2D eigenvalue weighted by Crippen LogP contribution is -2.42. The molecule has 2 aromatic rings. The summed E-state index contributed by atoms with van der Waals surface area (Å²) in [6.45, 7) is 0.0286. The second-order valence-electron chi connectivity index (χ2n) is 5.73. The Labute approximate surface area is 162 Å². The molecule has 1 aliphatic rings. The van der Waals surface area contributed by atoms with E-state index in [2.05, 4.69) is 37.8 Å². The smallest absolute Gasteiger partial charge is 0.265 e. The third-order valence-corrected chi connectivity index (χ3v) is 5.09. The summed E-state index contributed by atoms with van der Waals surface area (Å²) in [5, 5.41) is 11.1. The molecule has 25 heavy (non-hydrogen) atoms. The molecule has 0 aromatic heterocycles. The van der Waals surface area contributed by atoms with E-state index < -0.39 is 11.5 Å². The monoisotopic (exact) mass is 461 g/mol. The molecule has 1 N–H and O–H groups in total. The van der Waals surface area contributed by atoms with Crippen molar-refractivity contribution in [3.63, 3.8) is 0 Å². The highest BCUT2D eigenvalue weighted by atomic mass is 79.9. The van der Waals surface area contributed by atoms with Gasteiger partial charge < -0.3 is 5.11 Å². The first kappa shape index (κ1) is 17.9. The summed E-state index contributed by atoms with van der Waals surface area (Å²) in [7, 11) is 0. The molecule has 1 aliphatic heterocycles. The second kappa shape index (κ2) is 6.75. The molecule has 1 heterocycles. The Kier molecular flexibility index (Phi) is 4.83. The maximum Gasteiger partial charge on any atom is 0.265 e. The number of rotatable bonds is 4. The summed E-state index contributed by atoms with van der Waals surface area (Å²) in [5.74, 6) is 1.51. The molecule has 1 atom stereocenters. The minimum absolute atomic E-state index is 0.0286. The van der Waals surface area contributed by atoms with E-state index in [4.69, 9.17) is 6.42 Å². The van der Waals surface area contributed by atoms with Gasteiger partial charge in [0.2, 0.25) is 0 Å². The lowest BCUT2D eigenvalue weighted by molar-refractivity contribution is -0.135. The zero-order chi connectivity index (χ0) is 18.2. The molecule has 126 valence electrons. The first-order valence-corrected chi connectivity index (χ1v) is 9.02. The number of halogens is 2. The average Bonchev–Trinajstić information content (AvgIpc) is 2.77. The predicted octanol–water partition coefficient (Wildman–Crippen LogP) is 3.65. The highest BCUT2D eigenvalue weighted by Gasteiger charge is 2.50. The van der Waals surface area contributed by atoms with Gasteiger partial charge in [0, 0.05) is 20.1 Å². The molecule has 0 saturated heterocycles. The van der Waals surface area contributed by atoms with Crippen LogP contribution in [0.5, 0.6) is 0 Å². The first-order chi connectivity index (χ1) is 11.9. The number of ketones is 1. The number of amides is 1. The first-order valence-electron chi connectivity index (χ1n) is 7.43. The van der Waals surface area contributed by atoms with Crippen LogP contribution in [-0.2, 0) is 10.4 Å². The van der Waals surface area contributed by atoms with Crippen molar-refractivity contribution in [2.45, 2.75) is 12.0 Å². The Morgan fingerprint density at radius 2 is 1.92 bits per heavy atom. The number of hydrogen-bond acceptors (Lipinski definition) is 3. The zero-order valence-corrected chi connectivity index (χ0v) is 16.2. The van der Waals surface area contributed by atoms with Gasteiger partial charge in [0.05, 0.1) is 18.7 Å². The number of aliphatic hydroxyl groups is 1. The third kappa shape index (κ3) is 3.15. The molecule has 0 spiro atoms. The Hall–Kier alpha value is -1.94. The van der Waals surface area contributed by atoms with Crippen LogP contribution in [0.4, 0.5) is 5.69 Å². The van der Waals surface area contributed by atoms with Gasteiger partial charge in [-0.25, -0.2) is 0 Å². The molecule has 0 bridgehead atoms.